The Morgan fingerprint density at radius 2 is 0.857 bits per heavy atom. The van der Waals surface area contributed by atoms with Crippen molar-refractivity contribution < 1.29 is 9.47 Å². The highest BCUT2D eigenvalue weighted by atomic mass is 16.5. The Bertz CT molecular complexity index is 771. The Morgan fingerprint density at radius 1 is 0.486 bits per heavy atom. The van der Waals surface area contributed by atoms with Crippen molar-refractivity contribution in [1.82, 2.24) is 0 Å². The van der Waals surface area contributed by atoms with E-state index in [4.69, 9.17) is 9.47 Å². The number of hydrogen-bond donors (Lipinski definition) is 0. The third kappa shape index (κ3) is 9.90. The van der Waals surface area contributed by atoms with E-state index in [1.54, 1.807) is 0 Å². The lowest BCUT2D eigenvalue weighted by Crippen LogP contribution is -1.98. The van der Waals surface area contributed by atoms with Gasteiger partial charge in [-0.2, -0.15) is 0 Å². The summed E-state index contributed by atoms with van der Waals surface area (Å²) < 4.78 is 12.2. The highest BCUT2D eigenvalue weighted by Gasteiger charge is 2.19. The van der Waals surface area contributed by atoms with Crippen LogP contribution in [-0.2, 0) is 6.42 Å². The minimum absolute atomic E-state index is 0.831. The summed E-state index contributed by atoms with van der Waals surface area (Å²) >= 11 is 0. The summed E-state index contributed by atoms with van der Waals surface area (Å²) in [4.78, 5) is 0. The molecule has 0 amide bonds. The van der Waals surface area contributed by atoms with Gasteiger partial charge < -0.3 is 9.47 Å². The van der Waals surface area contributed by atoms with Crippen LogP contribution in [0.2, 0.25) is 0 Å². The molecule has 35 heavy (non-hydrogen) atoms. The van der Waals surface area contributed by atoms with Crippen LogP contribution in [0.5, 0.6) is 11.5 Å². The van der Waals surface area contributed by atoms with Crippen LogP contribution in [0.15, 0.2) is 36.4 Å². The Labute approximate surface area is 215 Å². The molecular formula is C33H50O2. The van der Waals surface area contributed by atoms with E-state index < -0.39 is 0 Å². The quantitative estimate of drug-likeness (QED) is 0.150. The maximum Gasteiger partial charge on any atom is 0.119 e. The summed E-state index contributed by atoms with van der Waals surface area (Å²) in [6.45, 7) is 6.22. The normalized spacial score (nSPS) is 11.9. The monoisotopic (exact) mass is 478 g/mol. The fourth-order valence-corrected chi connectivity index (χ4v) is 5.19. The molecule has 0 unspecified atom stereocenters. The van der Waals surface area contributed by atoms with Gasteiger partial charge >= 0.3 is 0 Å². The van der Waals surface area contributed by atoms with E-state index in [-0.39, 0.29) is 0 Å². The van der Waals surface area contributed by atoms with Gasteiger partial charge in [-0.3, -0.25) is 0 Å². The van der Waals surface area contributed by atoms with Gasteiger partial charge in [-0.05, 0) is 65.8 Å². The molecule has 2 heteroatoms. The third-order valence-electron chi connectivity index (χ3n) is 7.36. The predicted octanol–water partition coefficient (Wildman–Crippen LogP) is 10.3. The molecule has 0 spiro atoms. The number of hydrogen-bond acceptors (Lipinski definition) is 2. The molecule has 0 heterocycles. The van der Waals surface area contributed by atoms with Crippen molar-refractivity contribution in [1.29, 1.82) is 0 Å². The molecule has 1 aliphatic rings. The van der Waals surface area contributed by atoms with Crippen LogP contribution < -0.4 is 9.47 Å². The number of unbranched alkanes of at least 4 members (excludes halogenated alkanes) is 14. The zero-order valence-electron chi connectivity index (χ0n) is 22.7. The van der Waals surface area contributed by atoms with Crippen LogP contribution in [0.3, 0.4) is 0 Å². The first-order valence-corrected chi connectivity index (χ1v) is 14.8. The first kappa shape index (κ1) is 27.6. The van der Waals surface area contributed by atoms with Gasteiger partial charge in [0, 0.05) is 0 Å². The van der Waals surface area contributed by atoms with E-state index >= 15 is 0 Å². The van der Waals surface area contributed by atoms with E-state index in [1.807, 2.05) is 0 Å². The first-order chi connectivity index (χ1) is 17.3. The largest absolute Gasteiger partial charge is 0.494 e. The minimum Gasteiger partial charge on any atom is -0.494 e. The van der Waals surface area contributed by atoms with Gasteiger partial charge in [0.2, 0.25) is 0 Å². The van der Waals surface area contributed by atoms with Crippen LogP contribution in [0.1, 0.15) is 128 Å². The number of ether oxygens (including phenoxy) is 2. The van der Waals surface area contributed by atoms with Crippen LogP contribution >= 0.6 is 0 Å². The number of rotatable bonds is 20. The molecule has 0 saturated carbocycles. The maximum absolute atomic E-state index is 6.09. The van der Waals surface area contributed by atoms with Gasteiger partial charge in [0.25, 0.3) is 0 Å². The molecule has 0 radical (unpaired) electrons. The predicted molar refractivity (Wildman–Crippen MR) is 151 cm³/mol. The molecule has 0 aliphatic heterocycles. The first-order valence-electron chi connectivity index (χ1n) is 14.8. The van der Waals surface area contributed by atoms with E-state index in [9.17, 15) is 0 Å². The second-order valence-electron chi connectivity index (χ2n) is 10.5. The molecule has 0 saturated heterocycles. The van der Waals surface area contributed by atoms with Crippen molar-refractivity contribution in [2.75, 3.05) is 13.2 Å². The summed E-state index contributed by atoms with van der Waals surface area (Å²) in [6, 6.07) is 13.3. The fourth-order valence-electron chi connectivity index (χ4n) is 5.19. The zero-order valence-corrected chi connectivity index (χ0v) is 22.7. The molecule has 194 valence electrons. The lowest BCUT2D eigenvalue weighted by atomic mass is 10.1. The average Bonchev–Trinajstić information content (AvgIpc) is 3.23. The lowest BCUT2D eigenvalue weighted by molar-refractivity contribution is 0.304. The molecule has 1 aliphatic carbocycles. The SMILES string of the molecule is CCCCCCCCCCOc1ccc2c(c1)Cc1cc(OCCCCCCCCCC)ccc1-2. The number of benzene rings is 2. The molecule has 2 aromatic carbocycles. The van der Waals surface area contributed by atoms with E-state index in [2.05, 4.69) is 50.2 Å². The van der Waals surface area contributed by atoms with Gasteiger partial charge in [0.05, 0.1) is 13.2 Å². The van der Waals surface area contributed by atoms with Crippen LogP contribution in [0.25, 0.3) is 11.1 Å². The molecule has 2 aromatic rings. The molecule has 0 fully saturated rings. The van der Waals surface area contributed by atoms with Gasteiger partial charge in [-0.15, -0.1) is 0 Å². The highest BCUT2D eigenvalue weighted by molar-refractivity contribution is 5.78. The second-order valence-corrected chi connectivity index (χ2v) is 10.5. The topological polar surface area (TPSA) is 18.5 Å². The smallest absolute Gasteiger partial charge is 0.119 e. The molecule has 0 bridgehead atoms. The van der Waals surface area contributed by atoms with Crippen molar-refractivity contribution in [3.05, 3.63) is 47.5 Å². The average molecular weight is 479 g/mol. The van der Waals surface area contributed by atoms with E-state index in [1.165, 1.54) is 112 Å². The Hall–Kier alpha value is -1.96. The summed E-state index contributed by atoms with van der Waals surface area (Å²) in [6.07, 6.45) is 22.3. The lowest BCUT2D eigenvalue weighted by Gasteiger charge is -2.09. The molecule has 2 nitrogen and oxygen atoms in total. The van der Waals surface area contributed by atoms with Gasteiger partial charge in [-0.1, -0.05) is 116 Å². The minimum atomic E-state index is 0.831. The second kappa shape index (κ2) is 16.7. The van der Waals surface area contributed by atoms with Crippen molar-refractivity contribution >= 4 is 0 Å². The van der Waals surface area contributed by atoms with E-state index in [0.717, 1.165) is 44.0 Å². The van der Waals surface area contributed by atoms with E-state index in [0.29, 0.717) is 0 Å². The van der Waals surface area contributed by atoms with Crippen molar-refractivity contribution in [3.8, 4) is 22.6 Å². The summed E-state index contributed by atoms with van der Waals surface area (Å²) in [5.41, 5.74) is 5.48. The van der Waals surface area contributed by atoms with Crippen molar-refractivity contribution in [3.63, 3.8) is 0 Å². The zero-order chi connectivity index (χ0) is 24.6. The molecule has 0 atom stereocenters. The van der Waals surface area contributed by atoms with Crippen LogP contribution in [0.4, 0.5) is 0 Å². The Balaban J connectivity index is 1.33. The van der Waals surface area contributed by atoms with Gasteiger partial charge in [-0.25, -0.2) is 0 Å². The maximum atomic E-state index is 6.09. The number of fused-ring (bicyclic) bond motifs is 3. The summed E-state index contributed by atoms with van der Waals surface area (Å²) in [5.74, 6) is 2.04. The molecular weight excluding hydrogens is 428 g/mol. The van der Waals surface area contributed by atoms with Crippen LogP contribution in [0, 0.1) is 0 Å². The molecule has 3 rings (SSSR count). The van der Waals surface area contributed by atoms with Gasteiger partial charge in [0.15, 0.2) is 0 Å². The Morgan fingerprint density at radius 3 is 1.26 bits per heavy atom. The highest BCUT2D eigenvalue weighted by Crippen LogP contribution is 2.40. The summed E-state index contributed by atoms with van der Waals surface area (Å²) in [5, 5.41) is 0. The Kier molecular flexibility index (Phi) is 13.2. The molecule has 0 aromatic heterocycles. The molecule has 0 N–H and O–H groups in total. The van der Waals surface area contributed by atoms with Crippen LogP contribution in [-0.4, -0.2) is 13.2 Å². The standard InChI is InChI=1S/C33H50O2/c1-3-5-7-9-11-13-15-17-23-34-30-19-21-32-28(26-30)25-29-27-31(20-22-33(29)32)35-24-18-16-14-12-10-8-6-4-2/h19-22,26-27H,3-18,23-25H2,1-2H3. The third-order valence-corrected chi connectivity index (χ3v) is 7.36. The fraction of sp³-hybridized carbons (Fsp3) is 0.636. The summed E-state index contributed by atoms with van der Waals surface area (Å²) in [7, 11) is 0. The van der Waals surface area contributed by atoms with Crippen molar-refractivity contribution in [2.45, 2.75) is 123 Å². The van der Waals surface area contributed by atoms with Crippen molar-refractivity contribution in [2.24, 2.45) is 0 Å². The van der Waals surface area contributed by atoms with Gasteiger partial charge in [0.1, 0.15) is 11.5 Å².